The van der Waals surface area contributed by atoms with Gasteiger partial charge in [-0.15, -0.1) is 0 Å². The smallest absolute Gasteiger partial charge is 0.490 e. The third kappa shape index (κ3) is 6.83. The van der Waals surface area contributed by atoms with Gasteiger partial charge in [-0.3, -0.25) is 0 Å². The lowest BCUT2D eigenvalue weighted by atomic mass is 10.1. The zero-order chi connectivity index (χ0) is 21.8. The van der Waals surface area contributed by atoms with Gasteiger partial charge in [0.25, 0.3) is 0 Å². The molecule has 7 nitrogen and oxygen atoms in total. The van der Waals surface area contributed by atoms with Crippen LogP contribution in [-0.4, -0.2) is 32.1 Å². The zero-order valence-electron chi connectivity index (χ0n) is 17.9. The summed E-state index contributed by atoms with van der Waals surface area (Å²) >= 11 is 0. The van der Waals surface area contributed by atoms with Crippen LogP contribution < -0.4 is 14.2 Å². The molecule has 0 saturated carbocycles. The van der Waals surface area contributed by atoms with Gasteiger partial charge in [-0.2, -0.15) is 0 Å². The van der Waals surface area contributed by atoms with Gasteiger partial charge in [-0.1, -0.05) is 57.9 Å². The molecule has 0 atom stereocenters. The second kappa shape index (κ2) is 12.6. The van der Waals surface area contributed by atoms with E-state index in [0.29, 0.717) is 23.1 Å². The average Bonchev–Trinajstić information content (AvgIpc) is 2.74. The molecule has 2 aromatic carbocycles. The molecular weight excluding hydrogens is 388 g/mol. The number of ether oxygens (including phenoxy) is 5. The minimum Gasteiger partial charge on any atom is -0.490 e. The van der Waals surface area contributed by atoms with Crippen molar-refractivity contribution in [2.75, 3.05) is 19.8 Å². The Morgan fingerprint density at radius 1 is 0.733 bits per heavy atom. The van der Waals surface area contributed by atoms with Crippen LogP contribution in [-0.2, 0) is 9.47 Å². The fraction of sp³-hybridized carbons (Fsp3) is 0.478. The molecule has 0 bridgehead atoms. The number of carbonyl (C=O) groups excluding carboxylic acids is 2. The van der Waals surface area contributed by atoms with Crippen molar-refractivity contribution in [1.29, 1.82) is 0 Å². The minimum absolute atomic E-state index is 0.229. The van der Waals surface area contributed by atoms with Gasteiger partial charge in [0.2, 0.25) is 0 Å². The third-order valence-electron chi connectivity index (χ3n) is 4.20. The van der Waals surface area contributed by atoms with E-state index >= 15 is 0 Å². The largest absolute Gasteiger partial charge is 0.513 e. The molecule has 164 valence electrons. The Labute approximate surface area is 177 Å². The molecule has 0 saturated heterocycles. The van der Waals surface area contributed by atoms with Crippen molar-refractivity contribution in [3.05, 3.63) is 30.3 Å². The van der Waals surface area contributed by atoms with Gasteiger partial charge in [0.1, 0.15) is 5.75 Å². The lowest BCUT2D eigenvalue weighted by Gasteiger charge is -2.16. The highest BCUT2D eigenvalue weighted by molar-refractivity contribution is 5.97. The van der Waals surface area contributed by atoms with Crippen molar-refractivity contribution >= 4 is 23.1 Å². The lowest BCUT2D eigenvalue weighted by molar-refractivity contribution is 0.0951. The molecule has 2 rings (SSSR count). The molecule has 0 unspecified atom stereocenters. The van der Waals surface area contributed by atoms with Gasteiger partial charge in [0.05, 0.1) is 19.8 Å². The van der Waals surface area contributed by atoms with Crippen molar-refractivity contribution in [3.63, 3.8) is 0 Å². The first-order valence-electron chi connectivity index (χ1n) is 10.5. The van der Waals surface area contributed by atoms with Gasteiger partial charge < -0.3 is 23.7 Å². The van der Waals surface area contributed by atoms with Crippen LogP contribution >= 0.6 is 0 Å². The predicted molar refractivity (Wildman–Crippen MR) is 114 cm³/mol. The minimum atomic E-state index is -0.803. The SMILES string of the molecule is CCCCOC(=O)Oc1cc(OCCC)c(OC(=O)OCCCC)c2ccccc12. The number of unbranched alkanes of at least 4 members (excludes halogenated alkanes) is 2. The molecule has 2 aromatic rings. The first-order valence-corrected chi connectivity index (χ1v) is 10.5. The van der Waals surface area contributed by atoms with Gasteiger partial charge in [0, 0.05) is 16.8 Å². The van der Waals surface area contributed by atoms with Crippen LogP contribution in [0.25, 0.3) is 10.8 Å². The van der Waals surface area contributed by atoms with Crippen LogP contribution in [0.1, 0.15) is 52.9 Å². The highest BCUT2D eigenvalue weighted by Crippen LogP contribution is 2.42. The number of rotatable bonds is 11. The monoisotopic (exact) mass is 418 g/mol. The summed E-state index contributed by atoms with van der Waals surface area (Å²) in [5.41, 5.74) is 0. The van der Waals surface area contributed by atoms with Crippen LogP contribution in [0.5, 0.6) is 17.2 Å². The highest BCUT2D eigenvalue weighted by atomic mass is 16.7. The van der Waals surface area contributed by atoms with Crippen molar-refractivity contribution in [2.24, 2.45) is 0 Å². The van der Waals surface area contributed by atoms with E-state index in [1.807, 2.05) is 20.8 Å². The van der Waals surface area contributed by atoms with E-state index in [-0.39, 0.29) is 24.7 Å². The maximum absolute atomic E-state index is 12.2. The summed E-state index contributed by atoms with van der Waals surface area (Å²) < 4.78 is 26.9. The van der Waals surface area contributed by atoms with E-state index in [9.17, 15) is 9.59 Å². The summed E-state index contributed by atoms with van der Waals surface area (Å²) in [6.07, 6.45) is 2.48. The average molecular weight is 418 g/mol. The van der Waals surface area contributed by atoms with E-state index in [2.05, 4.69) is 0 Å². The fourth-order valence-corrected chi connectivity index (χ4v) is 2.63. The summed E-state index contributed by atoms with van der Waals surface area (Å²) in [5, 5.41) is 1.15. The van der Waals surface area contributed by atoms with Gasteiger partial charge >= 0.3 is 12.3 Å². The Morgan fingerprint density at radius 2 is 1.33 bits per heavy atom. The maximum atomic E-state index is 12.2. The van der Waals surface area contributed by atoms with E-state index in [1.165, 1.54) is 6.07 Å². The highest BCUT2D eigenvalue weighted by Gasteiger charge is 2.21. The van der Waals surface area contributed by atoms with E-state index in [1.54, 1.807) is 24.3 Å². The zero-order valence-corrected chi connectivity index (χ0v) is 17.9. The quantitative estimate of drug-likeness (QED) is 0.242. The molecule has 7 heteroatoms. The second-order valence-electron chi connectivity index (χ2n) is 6.70. The molecule has 0 aliphatic rings. The maximum Gasteiger partial charge on any atom is 0.513 e. The van der Waals surface area contributed by atoms with Crippen molar-refractivity contribution < 1.29 is 33.3 Å². The third-order valence-corrected chi connectivity index (χ3v) is 4.20. The Hall–Kier alpha value is -2.96. The summed E-state index contributed by atoms with van der Waals surface area (Å²) in [6.45, 7) is 6.94. The van der Waals surface area contributed by atoms with Crippen LogP contribution in [0.2, 0.25) is 0 Å². The number of carbonyl (C=O) groups is 2. The first-order chi connectivity index (χ1) is 14.6. The molecule has 0 aromatic heterocycles. The van der Waals surface area contributed by atoms with Gasteiger partial charge in [-0.05, 0) is 19.3 Å². The number of hydrogen-bond donors (Lipinski definition) is 0. The molecule has 0 N–H and O–H groups in total. The Kier molecular flexibility index (Phi) is 9.77. The normalized spacial score (nSPS) is 10.5. The Balaban J connectivity index is 2.35. The molecule has 0 radical (unpaired) electrons. The molecule has 0 fully saturated rings. The topological polar surface area (TPSA) is 80.3 Å². The van der Waals surface area contributed by atoms with E-state index < -0.39 is 12.3 Å². The number of benzene rings is 2. The molecule has 0 heterocycles. The van der Waals surface area contributed by atoms with Crippen molar-refractivity contribution in [1.82, 2.24) is 0 Å². The molecule has 0 spiro atoms. The standard InChI is InChI=1S/C23H30O7/c1-4-7-14-27-22(24)29-19-16-20(26-13-6-3)21(18-12-10-9-11-17(18)19)30-23(25)28-15-8-5-2/h9-12,16H,4-8,13-15H2,1-3H3. The van der Waals surface area contributed by atoms with Gasteiger partial charge in [0.15, 0.2) is 11.5 Å². The predicted octanol–water partition coefficient (Wildman–Crippen LogP) is 6.26. The summed E-state index contributed by atoms with van der Waals surface area (Å²) in [4.78, 5) is 24.2. The molecular formula is C23H30O7. The van der Waals surface area contributed by atoms with Crippen LogP contribution in [0.4, 0.5) is 9.59 Å². The lowest BCUT2D eigenvalue weighted by Crippen LogP contribution is -2.14. The number of fused-ring (bicyclic) bond motifs is 1. The Bertz CT molecular complexity index is 832. The van der Waals surface area contributed by atoms with E-state index in [4.69, 9.17) is 23.7 Å². The summed E-state index contributed by atoms with van der Waals surface area (Å²) in [7, 11) is 0. The summed E-state index contributed by atoms with van der Waals surface area (Å²) in [6, 6.07) is 8.66. The van der Waals surface area contributed by atoms with Crippen LogP contribution in [0.15, 0.2) is 30.3 Å². The van der Waals surface area contributed by atoms with Crippen molar-refractivity contribution in [2.45, 2.75) is 52.9 Å². The molecule has 0 amide bonds. The van der Waals surface area contributed by atoms with Crippen LogP contribution in [0, 0.1) is 0 Å². The molecule has 30 heavy (non-hydrogen) atoms. The fourth-order valence-electron chi connectivity index (χ4n) is 2.63. The first kappa shape index (κ1) is 23.3. The van der Waals surface area contributed by atoms with Crippen LogP contribution in [0.3, 0.4) is 0 Å². The second-order valence-corrected chi connectivity index (χ2v) is 6.70. The van der Waals surface area contributed by atoms with Gasteiger partial charge in [-0.25, -0.2) is 9.59 Å². The molecule has 0 aliphatic heterocycles. The Morgan fingerprint density at radius 3 is 1.93 bits per heavy atom. The number of hydrogen-bond acceptors (Lipinski definition) is 7. The van der Waals surface area contributed by atoms with Crippen molar-refractivity contribution in [3.8, 4) is 17.2 Å². The summed E-state index contributed by atoms with van der Waals surface area (Å²) in [5.74, 6) is 0.788. The van der Waals surface area contributed by atoms with E-state index in [0.717, 1.165) is 32.1 Å². The molecule has 0 aliphatic carbocycles.